The SMILES string of the molecule is CN(Cc1ccc2c(c1)OCO2)C(=O)c1ncn[nH]1. The summed E-state index contributed by atoms with van der Waals surface area (Å²) in [5, 5.41) is 6.21. The first-order chi connectivity index (χ1) is 9.24. The topological polar surface area (TPSA) is 80.3 Å². The van der Waals surface area contributed by atoms with Crippen LogP contribution in [0.1, 0.15) is 16.2 Å². The number of amides is 1. The molecule has 0 saturated heterocycles. The molecule has 0 spiro atoms. The van der Waals surface area contributed by atoms with Crippen molar-refractivity contribution >= 4 is 5.91 Å². The molecule has 0 aliphatic carbocycles. The highest BCUT2D eigenvalue weighted by atomic mass is 16.7. The summed E-state index contributed by atoms with van der Waals surface area (Å²) in [5.41, 5.74) is 0.958. The lowest BCUT2D eigenvalue weighted by atomic mass is 10.2. The van der Waals surface area contributed by atoms with Crippen LogP contribution in [0.25, 0.3) is 0 Å². The highest BCUT2D eigenvalue weighted by Crippen LogP contribution is 2.32. The number of carbonyl (C=O) groups excluding carboxylic acids is 1. The predicted octanol–water partition coefficient (Wildman–Crippen LogP) is 0.806. The highest BCUT2D eigenvalue weighted by Gasteiger charge is 2.17. The molecule has 7 heteroatoms. The van der Waals surface area contributed by atoms with E-state index in [1.54, 1.807) is 11.9 Å². The number of fused-ring (bicyclic) bond motifs is 1. The molecule has 1 aliphatic heterocycles. The van der Waals surface area contributed by atoms with Gasteiger partial charge in [-0.15, -0.1) is 0 Å². The zero-order valence-electron chi connectivity index (χ0n) is 10.3. The summed E-state index contributed by atoms with van der Waals surface area (Å²) in [6.07, 6.45) is 1.31. The second-order valence-electron chi connectivity index (χ2n) is 4.18. The van der Waals surface area contributed by atoms with Crippen molar-refractivity contribution in [1.29, 1.82) is 0 Å². The Morgan fingerprint density at radius 2 is 2.26 bits per heavy atom. The molecule has 1 aliphatic rings. The minimum Gasteiger partial charge on any atom is -0.454 e. The molecule has 1 N–H and O–H groups in total. The number of benzene rings is 1. The van der Waals surface area contributed by atoms with Crippen LogP contribution in [0.15, 0.2) is 24.5 Å². The summed E-state index contributed by atoms with van der Waals surface area (Å²) in [6, 6.07) is 5.61. The van der Waals surface area contributed by atoms with Gasteiger partial charge >= 0.3 is 0 Å². The molecule has 0 saturated carbocycles. The average Bonchev–Trinajstić information content (AvgIpc) is 3.08. The van der Waals surface area contributed by atoms with E-state index in [2.05, 4.69) is 15.2 Å². The standard InChI is InChI=1S/C12H12N4O3/c1-16(12(17)11-13-6-14-15-11)5-8-2-3-9-10(4-8)19-7-18-9/h2-4,6H,5,7H2,1H3,(H,13,14,15). The van der Waals surface area contributed by atoms with Gasteiger partial charge in [0.1, 0.15) is 6.33 Å². The summed E-state index contributed by atoms with van der Waals surface area (Å²) >= 11 is 0. The lowest BCUT2D eigenvalue weighted by Crippen LogP contribution is -2.27. The van der Waals surface area contributed by atoms with Gasteiger partial charge in [0.05, 0.1) is 0 Å². The largest absolute Gasteiger partial charge is 0.454 e. The average molecular weight is 260 g/mol. The fourth-order valence-corrected chi connectivity index (χ4v) is 1.87. The van der Waals surface area contributed by atoms with Crippen molar-refractivity contribution in [3.05, 3.63) is 35.9 Å². The molecule has 2 aromatic rings. The van der Waals surface area contributed by atoms with Crippen LogP contribution in [0.4, 0.5) is 0 Å². The quantitative estimate of drug-likeness (QED) is 0.883. The zero-order valence-corrected chi connectivity index (χ0v) is 10.3. The lowest BCUT2D eigenvalue weighted by Gasteiger charge is -2.15. The molecule has 0 atom stereocenters. The van der Waals surface area contributed by atoms with Crippen molar-refractivity contribution in [2.24, 2.45) is 0 Å². The van der Waals surface area contributed by atoms with E-state index in [0.29, 0.717) is 12.3 Å². The number of nitrogens with one attached hydrogen (secondary N) is 1. The molecule has 98 valence electrons. The second-order valence-corrected chi connectivity index (χ2v) is 4.18. The fraction of sp³-hybridized carbons (Fsp3) is 0.250. The van der Waals surface area contributed by atoms with Gasteiger partial charge in [-0.3, -0.25) is 9.89 Å². The number of carbonyl (C=O) groups is 1. The van der Waals surface area contributed by atoms with Gasteiger partial charge in [0, 0.05) is 13.6 Å². The monoisotopic (exact) mass is 260 g/mol. The highest BCUT2D eigenvalue weighted by molar-refractivity contribution is 5.90. The minimum atomic E-state index is -0.213. The number of aromatic amines is 1. The predicted molar refractivity (Wildman–Crippen MR) is 64.7 cm³/mol. The zero-order chi connectivity index (χ0) is 13.2. The van der Waals surface area contributed by atoms with Crippen LogP contribution in [0, 0.1) is 0 Å². The van der Waals surface area contributed by atoms with Gasteiger partial charge in [0.2, 0.25) is 12.6 Å². The molecule has 0 fully saturated rings. The molecular weight excluding hydrogens is 248 g/mol. The number of H-pyrrole nitrogens is 1. The van der Waals surface area contributed by atoms with Crippen molar-refractivity contribution in [2.45, 2.75) is 6.54 Å². The van der Waals surface area contributed by atoms with Crippen molar-refractivity contribution in [1.82, 2.24) is 20.1 Å². The summed E-state index contributed by atoms with van der Waals surface area (Å²) in [5.74, 6) is 1.45. The van der Waals surface area contributed by atoms with E-state index >= 15 is 0 Å². The summed E-state index contributed by atoms with van der Waals surface area (Å²) in [7, 11) is 1.70. The number of aromatic nitrogens is 3. The molecule has 1 amide bonds. The minimum absolute atomic E-state index is 0.213. The Morgan fingerprint density at radius 1 is 1.42 bits per heavy atom. The summed E-state index contributed by atoms with van der Waals surface area (Å²) in [6.45, 7) is 0.696. The van der Waals surface area contributed by atoms with Crippen molar-refractivity contribution in [3.63, 3.8) is 0 Å². The van der Waals surface area contributed by atoms with Crippen molar-refractivity contribution in [3.8, 4) is 11.5 Å². The van der Waals surface area contributed by atoms with Gasteiger partial charge in [0.15, 0.2) is 11.5 Å². The smallest absolute Gasteiger partial charge is 0.291 e. The third kappa shape index (κ3) is 2.22. The fourth-order valence-electron chi connectivity index (χ4n) is 1.87. The third-order valence-electron chi connectivity index (χ3n) is 2.82. The molecular formula is C12H12N4O3. The van der Waals surface area contributed by atoms with Crippen LogP contribution in [0.3, 0.4) is 0 Å². The molecule has 3 rings (SSSR count). The first-order valence-corrected chi connectivity index (χ1v) is 5.73. The molecule has 1 aromatic carbocycles. The Hall–Kier alpha value is -2.57. The van der Waals surface area contributed by atoms with Crippen LogP contribution in [0.5, 0.6) is 11.5 Å². The van der Waals surface area contributed by atoms with Crippen LogP contribution in [-0.2, 0) is 6.54 Å². The Bertz CT molecular complexity index is 597. The lowest BCUT2D eigenvalue weighted by molar-refractivity contribution is 0.0773. The van der Waals surface area contributed by atoms with Gasteiger partial charge < -0.3 is 14.4 Å². The molecule has 0 unspecified atom stereocenters. The Kier molecular flexibility index (Phi) is 2.79. The molecule has 7 nitrogen and oxygen atoms in total. The number of hydrogen-bond acceptors (Lipinski definition) is 5. The maximum Gasteiger partial charge on any atom is 0.291 e. The Morgan fingerprint density at radius 3 is 3.05 bits per heavy atom. The number of rotatable bonds is 3. The van der Waals surface area contributed by atoms with E-state index < -0.39 is 0 Å². The van der Waals surface area contributed by atoms with E-state index in [-0.39, 0.29) is 18.5 Å². The number of hydrogen-bond donors (Lipinski definition) is 1. The maximum absolute atomic E-state index is 12.0. The number of nitrogens with zero attached hydrogens (tertiary/aromatic N) is 3. The van der Waals surface area contributed by atoms with Crippen LogP contribution >= 0.6 is 0 Å². The van der Waals surface area contributed by atoms with Gasteiger partial charge in [-0.05, 0) is 17.7 Å². The van der Waals surface area contributed by atoms with E-state index in [9.17, 15) is 4.79 Å². The normalized spacial score (nSPS) is 12.5. The van der Waals surface area contributed by atoms with Gasteiger partial charge in [0.25, 0.3) is 5.91 Å². The first kappa shape index (κ1) is 11.5. The summed E-state index contributed by atoms with van der Waals surface area (Å²) < 4.78 is 10.5. The van der Waals surface area contributed by atoms with Crippen LogP contribution in [-0.4, -0.2) is 39.8 Å². The van der Waals surface area contributed by atoms with Gasteiger partial charge in [-0.25, -0.2) is 4.98 Å². The Labute approximate surface area is 109 Å². The number of ether oxygens (including phenoxy) is 2. The van der Waals surface area contributed by atoms with Crippen LogP contribution < -0.4 is 9.47 Å². The van der Waals surface area contributed by atoms with E-state index in [1.807, 2.05) is 18.2 Å². The maximum atomic E-state index is 12.0. The van der Waals surface area contributed by atoms with E-state index in [1.165, 1.54) is 6.33 Å². The second kappa shape index (κ2) is 4.60. The van der Waals surface area contributed by atoms with Gasteiger partial charge in [-0.2, -0.15) is 5.10 Å². The molecule has 19 heavy (non-hydrogen) atoms. The molecule has 1 aromatic heterocycles. The first-order valence-electron chi connectivity index (χ1n) is 5.73. The summed E-state index contributed by atoms with van der Waals surface area (Å²) in [4.78, 5) is 17.4. The molecule has 0 bridgehead atoms. The van der Waals surface area contributed by atoms with Crippen molar-refractivity contribution < 1.29 is 14.3 Å². The van der Waals surface area contributed by atoms with Gasteiger partial charge in [-0.1, -0.05) is 6.07 Å². The molecule has 0 radical (unpaired) electrons. The third-order valence-corrected chi connectivity index (χ3v) is 2.82. The van der Waals surface area contributed by atoms with Crippen LogP contribution in [0.2, 0.25) is 0 Å². The van der Waals surface area contributed by atoms with E-state index in [4.69, 9.17) is 9.47 Å². The van der Waals surface area contributed by atoms with Crippen molar-refractivity contribution in [2.75, 3.05) is 13.8 Å². The molecule has 2 heterocycles. The Balaban J connectivity index is 1.73. The van der Waals surface area contributed by atoms with E-state index in [0.717, 1.165) is 11.3 Å².